The maximum atomic E-state index is 11.9. The van der Waals surface area contributed by atoms with Gasteiger partial charge in [0.25, 0.3) is 0 Å². The van der Waals surface area contributed by atoms with Gasteiger partial charge in [0.05, 0.1) is 12.0 Å². The van der Waals surface area contributed by atoms with Crippen LogP contribution in [-0.2, 0) is 9.59 Å². The minimum absolute atomic E-state index is 0.161. The zero-order chi connectivity index (χ0) is 16.9. The smallest absolute Gasteiger partial charge is 0.405 e. The summed E-state index contributed by atoms with van der Waals surface area (Å²) in [6.07, 6.45) is -3.46. The zero-order valence-electron chi connectivity index (χ0n) is 11.9. The third-order valence-corrected chi connectivity index (χ3v) is 3.42. The third kappa shape index (κ3) is 5.88. The van der Waals surface area contributed by atoms with E-state index in [4.69, 9.17) is 5.11 Å². The second kappa shape index (κ2) is 7.43. The van der Waals surface area contributed by atoms with Crippen molar-refractivity contribution in [2.75, 3.05) is 19.6 Å². The van der Waals surface area contributed by atoms with Crippen LogP contribution < -0.4 is 10.6 Å². The zero-order valence-corrected chi connectivity index (χ0v) is 11.9. The first-order chi connectivity index (χ1) is 10.1. The summed E-state index contributed by atoms with van der Waals surface area (Å²) in [6, 6.07) is -2.04. The number of hydrogen-bond donors (Lipinski definition) is 3. The summed E-state index contributed by atoms with van der Waals surface area (Å²) >= 11 is 0. The van der Waals surface area contributed by atoms with Gasteiger partial charge in [-0.25, -0.2) is 4.79 Å². The molecule has 0 aromatic heterocycles. The molecule has 0 aromatic carbocycles. The van der Waals surface area contributed by atoms with Crippen LogP contribution in [0.3, 0.4) is 0 Å². The number of urea groups is 1. The maximum absolute atomic E-state index is 11.9. The summed E-state index contributed by atoms with van der Waals surface area (Å²) in [4.78, 5) is 35.6. The SMILES string of the molecule is CC(C(=O)NC(=O)NCC(F)(F)F)N1CCCC(C(=O)O)C1. The number of aliphatic carboxylic acids is 1. The minimum atomic E-state index is -4.56. The molecule has 1 rings (SSSR count). The number of imide groups is 1. The second-order valence-electron chi connectivity index (χ2n) is 5.14. The molecule has 10 heteroatoms. The van der Waals surface area contributed by atoms with E-state index in [2.05, 4.69) is 0 Å². The standard InChI is InChI=1S/C12H18F3N3O4/c1-7(18-4-2-3-8(5-18)10(20)21)9(19)17-11(22)16-6-12(13,14)15/h7-8H,2-6H2,1H3,(H,20,21)(H2,16,17,19,22). The molecule has 0 saturated carbocycles. The number of nitrogens with one attached hydrogen (secondary N) is 2. The fourth-order valence-corrected chi connectivity index (χ4v) is 2.17. The summed E-state index contributed by atoms with van der Waals surface area (Å²) < 4.78 is 35.8. The van der Waals surface area contributed by atoms with E-state index in [-0.39, 0.29) is 6.54 Å². The lowest BCUT2D eigenvalue weighted by molar-refractivity contribution is -0.144. The average Bonchev–Trinajstić information content (AvgIpc) is 2.43. The topological polar surface area (TPSA) is 98.7 Å². The molecule has 0 radical (unpaired) electrons. The molecule has 3 N–H and O–H groups in total. The number of amides is 3. The number of rotatable bonds is 4. The van der Waals surface area contributed by atoms with E-state index in [1.807, 2.05) is 5.32 Å². The summed E-state index contributed by atoms with van der Waals surface area (Å²) in [6.45, 7) is 0.582. The molecule has 1 fully saturated rings. The van der Waals surface area contributed by atoms with Gasteiger partial charge in [-0.3, -0.25) is 19.8 Å². The van der Waals surface area contributed by atoms with E-state index in [1.54, 1.807) is 4.90 Å². The minimum Gasteiger partial charge on any atom is -0.481 e. The van der Waals surface area contributed by atoms with E-state index in [1.165, 1.54) is 12.2 Å². The fraction of sp³-hybridized carbons (Fsp3) is 0.750. The van der Waals surface area contributed by atoms with Crippen molar-refractivity contribution in [2.24, 2.45) is 5.92 Å². The number of piperidine rings is 1. The number of carbonyl (C=O) groups excluding carboxylic acids is 2. The molecule has 0 bridgehead atoms. The molecule has 1 aliphatic rings. The number of carboxylic acid groups (broad SMARTS) is 1. The monoisotopic (exact) mass is 325 g/mol. The van der Waals surface area contributed by atoms with E-state index >= 15 is 0 Å². The Morgan fingerprint density at radius 2 is 2.00 bits per heavy atom. The summed E-state index contributed by atoms with van der Waals surface area (Å²) in [5.41, 5.74) is 0. The Morgan fingerprint density at radius 1 is 1.36 bits per heavy atom. The fourth-order valence-electron chi connectivity index (χ4n) is 2.17. The molecule has 1 heterocycles. The predicted octanol–water partition coefficient (Wildman–Crippen LogP) is 0.560. The number of nitrogens with zero attached hydrogens (tertiary/aromatic N) is 1. The van der Waals surface area contributed by atoms with Crippen LogP contribution in [0.4, 0.5) is 18.0 Å². The molecule has 2 atom stereocenters. The van der Waals surface area contributed by atoms with Crippen molar-refractivity contribution in [2.45, 2.75) is 32.0 Å². The van der Waals surface area contributed by atoms with E-state index < -0.39 is 42.6 Å². The van der Waals surface area contributed by atoms with E-state index in [0.717, 1.165) is 0 Å². The Morgan fingerprint density at radius 3 is 2.55 bits per heavy atom. The van der Waals surface area contributed by atoms with Gasteiger partial charge in [-0.15, -0.1) is 0 Å². The largest absolute Gasteiger partial charge is 0.481 e. The van der Waals surface area contributed by atoms with Gasteiger partial charge in [0.15, 0.2) is 0 Å². The first-order valence-corrected chi connectivity index (χ1v) is 6.72. The van der Waals surface area contributed by atoms with Crippen molar-refractivity contribution in [3.05, 3.63) is 0 Å². The number of likely N-dealkylation sites (tertiary alicyclic amines) is 1. The van der Waals surface area contributed by atoms with Crippen LogP contribution in [-0.4, -0.2) is 59.8 Å². The Labute approximate surface area is 124 Å². The van der Waals surface area contributed by atoms with Gasteiger partial charge < -0.3 is 10.4 Å². The average molecular weight is 325 g/mol. The van der Waals surface area contributed by atoms with Crippen molar-refractivity contribution in [3.8, 4) is 0 Å². The number of carboxylic acids is 1. The molecule has 126 valence electrons. The van der Waals surface area contributed by atoms with Gasteiger partial charge in [0.2, 0.25) is 5.91 Å². The van der Waals surface area contributed by atoms with Gasteiger partial charge in [-0.2, -0.15) is 13.2 Å². The molecule has 1 saturated heterocycles. The molecular weight excluding hydrogens is 307 g/mol. The Hall–Kier alpha value is -1.84. The Kier molecular flexibility index (Phi) is 6.15. The molecule has 2 unspecified atom stereocenters. The van der Waals surface area contributed by atoms with Crippen LogP contribution >= 0.6 is 0 Å². The maximum Gasteiger partial charge on any atom is 0.405 e. The molecule has 0 aromatic rings. The number of hydrogen-bond acceptors (Lipinski definition) is 4. The molecular formula is C12H18F3N3O4. The highest BCUT2D eigenvalue weighted by Crippen LogP contribution is 2.18. The van der Waals surface area contributed by atoms with Crippen molar-refractivity contribution >= 4 is 17.9 Å². The van der Waals surface area contributed by atoms with Crippen LogP contribution in [0.2, 0.25) is 0 Å². The van der Waals surface area contributed by atoms with E-state index in [0.29, 0.717) is 19.4 Å². The van der Waals surface area contributed by atoms with Gasteiger partial charge in [0.1, 0.15) is 6.54 Å². The normalized spacial score (nSPS) is 21.0. The van der Waals surface area contributed by atoms with Gasteiger partial charge >= 0.3 is 18.2 Å². The summed E-state index contributed by atoms with van der Waals surface area (Å²) in [7, 11) is 0. The van der Waals surface area contributed by atoms with Gasteiger partial charge in [-0.05, 0) is 26.3 Å². The van der Waals surface area contributed by atoms with Crippen LogP contribution in [0, 0.1) is 5.92 Å². The second-order valence-corrected chi connectivity index (χ2v) is 5.14. The molecule has 3 amide bonds. The van der Waals surface area contributed by atoms with Crippen LogP contribution in [0.5, 0.6) is 0 Å². The highest BCUT2D eigenvalue weighted by Gasteiger charge is 2.32. The summed E-state index contributed by atoms with van der Waals surface area (Å²) in [5, 5.41) is 12.3. The quantitative estimate of drug-likeness (QED) is 0.701. The first-order valence-electron chi connectivity index (χ1n) is 6.72. The third-order valence-electron chi connectivity index (χ3n) is 3.42. The van der Waals surface area contributed by atoms with Crippen LogP contribution in [0.15, 0.2) is 0 Å². The van der Waals surface area contributed by atoms with Crippen molar-refractivity contribution < 1.29 is 32.7 Å². The van der Waals surface area contributed by atoms with Crippen molar-refractivity contribution in [3.63, 3.8) is 0 Å². The molecule has 1 aliphatic heterocycles. The molecule has 22 heavy (non-hydrogen) atoms. The molecule has 0 aliphatic carbocycles. The number of alkyl halides is 3. The van der Waals surface area contributed by atoms with Crippen molar-refractivity contribution in [1.29, 1.82) is 0 Å². The molecule has 7 nitrogen and oxygen atoms in total. The number of carbonyl (C=O) groups is 3. The van der Waals surface area contributed by atoms with E-state index in [9.17, 15) is 27.6 Å². The highest BCUT2D eigenvalue weighted by molar-refractivity contribution is 5.96. The Bertz CT molecular complexity index is 442. The van der Waals surface area contributed by atoms with Crippen molar-refractivity contribution in [1.82, 2.24) is 15.5 Å². The van der Waals surface area contributed by atoms with Gasteiger partial charge in [-0.1, -0.05) is 0 Å². The lowest BCUT2D eigenvalue weighted by Crippen LogP contribution is -2.53. The highest BCUT2D eigenvalue weighted by atomic mass is 19.4. The Balaban J connectivity index is 2.47. The number of halogens is 3. The molecule has 0 spiro atoms. The first kappa shape index (κ1) is 18.2. The van der Waals surface area contributed by atoms with Crippen LogP contribution in [0.25, 0.3) is 0 Å². The van der Waals surface area contributed by atoms with Crippen LogP contribution in [0.1, 0.15) is 19.8 Å². The van der Waals surface area contributed by atoms with Gasteiger partial charge in [0, 0.05) is 6.54 Å². The predicted molar refractivity (Wildman–Crippen MR) is 69.0 cm³/mol. The summed E-state index contributed by atoms with van der Waals surface area (Å²) in [5.74, 6) is -2.33. The lowest BCUT2D eigenvalue weighted by atomic mass is 9.97. The lowest BCUT2D eigenvalue weighted by Gasteiger charge is -2.34.